The number of carbonyl (C=O) groups is 1. The number of nitrogens with zero attached hydrogens (tertiary/aromatic N) is 2. The molecule has 0 unspecified atom stereocenters. The van der Waals surface area contributed by atoms with Gasteiger partial charge in [-0.3, -0.25) is 4.79 Å². The van der Waals surface area contributed by atoms with Crippen molar-refractivity contribution in [2.24, 2.45) is 0 Å². The van der Waals surface area contributed by atoms with Gasteiger partial charge in [0.25, 0.3) is 5.91 Å². The highest BCUT2D eigenvalue weighted by Crippen LogP contribution is 2.32. The average molecular weight is 474 g/mol. The number of hydrogen-bond acceptors (Lipinski definition) is 2. The third-order valence-corrected chi connectivity index (χ3v) is 4.95. The Labute approximate surface area is 185 Å². The molecular weight excluding hydrogens is 457 g/mol. The van der Waals surface area contributed by atoms with Crippen molar-refractivity contribution in [1.29, 1.82) is 0 Å². The summed E-state index contributed by atoms with van der Waals surface area (Å²) in [6.45, 7) is 5.71. The van der Waals surface area contributed by atoms with Crippen molar-refractivity contribution < 1.29 is 22.4 Å². The standard InChI is InChI=1S/C21H17Cl2F4N3O/c1-20(2,3)17-10-18(30(29-17)16-9-12(22)5-7-14(16)23)28-19(31)13-6-4-11(8-15(13)24)21(25,26)27/h4-10H,1-3H3,(H,28,31). The number of nitrogens with one attached hydrogen (secondary N) is 1. The average Bonchev–Trinajstić information content (AvgIpc) is 3.06. The fourth-order valence-electron chi connectivity index (χ4n) is 2.73. The van der Waals surface area contributed by atoms with Crippen LogP contribution in [0.2, 0.25) is 10.0 Å². The maximum absolute atomic E-state index is 14.2. The Morgan fingerprint density at radius 3 is 2.29 bits per heavy atom. The van der Waals surface area contributed by atoms with Crippen LogP contribution in [-0.2, 0) is 11.6 Å². The molecule has 0 saturated heterocycles. The van der Waals surface area contributed by atoms with Crippen LogP contribution in [0.15, 0.2) is 42.5 Å². The number of aromatic nitrogens is 2. The van der Waals surface area contributed by atoms with Gasteiger partial charge in [0.1, 0.15) is 11.6 Å². The van der Waals surface area contributed by atoms with Gasteiger partial charge in [0.15, 0.2) is 0 Å². The molecule has 31 heavy (non-hydrogen) atoms. The van der Waals surface area contributed by atoms with Crippen molar-refractivity contribution in [3.63, 3.8) is 0 Å². The maximum atomic E-state index is 14.2. The number of carbonyl (C=O) groups excluding carboxylic acids is 1. The van der Waals surface area contributed by atoms with E-state index in [9.17, 15) is 22.4 Å². The van der Waals surface area contributed by atoms with E-state index in [2.05, 4.69) is 10.4 Å². The summed E-state index contributed by atoms with van der Waals surface area (Å²) < 4.78 is 53.9. The van der Waals surface area contributed by atoms with Crippen LogP contribution in [0.5, 0.6) is 0 Å². The highest BCUT2D eigenvalue weighted by Gasteiger charge is 2.32. The van der Waals surface area contributed by atoms with E-state index < -0.39 is 34.4 Å². The molecule has 1 heterocycles. The lowest BCUT2D eigenvalue weighted by Crippen LogP contribution is -2.17. The second kappa shape index (κ2) is 8.16. The molecule has 0 atom stereocenters. The molecule has 0 aliphatic rings. The Kier molecular flexibility index (Phi) is 6.08. The molecule has 0 radical (unpaired) electrons. The predicted octanol–water partition coefficient (Wildman–Crippen LogP) is 6.89. The van der Waals surface area contributed by atoms with E-state index in [0.717, 1.165) is 6.07 Å². The highest BCUT2D eigenvalue weighted by molar-refractivity contribution is 6.34. The molecule has 0 spiro atoms. The van der Waals surface area contributed by atoms with Crippen LogP contribution in [0.25, 0.3) is 5.69 Å². The van der Waals surface area contributed by atoms with Gasteiger partial charge in [-0.05, 0) is 36.4 Å². The van der Waals surface area contributed by atoms with E-state index in [0.29, 0.717) is 27.5 Å². The van der Waals surface area contributed by atoms with Crippen molar-refractivity contribution in [2.45, 2.75) is 32.4 Å². The smallest absolute Gasteiger partial charge is 0.306 e. The quantitative estimate of drug-likeness (QED) is 0.421. The summed E-state index contributed by atoms with van der Waals surface area (Å²) in [7, 11) is 0. The van der Waals surface area contributed by atoms with Crippen LogP contribution < -0.4 is 5.32 Å². The minimum atomic E-state index is -4.72. The second-order valence-electron chi connectivity index (χ2n) is 7.82. The Balaban J connectivity index is 2.04. The van der Waals surface area contributed by atoms with E-state index in [1.807, 2.05) is 20.8 Å². The molecule has 0 aliphatic carbocycles. The lowest BCUT2D eigenvalue weighted by molar-refractivity contribution is -0.137. The number of anilines is 1. The zero-order valence-electron chi connectivity index (χ0n) is 16.6. The summed E-state index contributed by atoms with van der Waals surface area (Å²) in [5, 5.41) is 7.66. The molecule has 0 saturated carbocycles. The van der Waals surface area contributed by atoms with Crippen LogP contribution in [-0.4, -0.2) is 15.7 Å². The number of amides is 1. The number of hydrogen-bond donors (Lipinski definition) is 1. The summed E-state index contributed by atoms with van der Waals surface area (Å²) in [6.07, 6.45) is -4.72. The number of benzene rings is 2. The SMILES string of the molecule is CC(C)(C)c1cc(NC(=O)c2ccc(C(F)(F)F)cc2F)n(-c2cc(Cl)ccc2Cl)n1. The monoisotopic (exact) mass is 473 g/mol. The minimum absolute atomic E-state index is 0.151. The molecule has 3 aromatic rings. The first-order valence-electron chi connectivity index (χ1n) is 9.01. The summed E-state index contributed by atoms with van der Waals surface area (Å²) in [6, 6.07) is 7.96. The van der Waals surface area contributed by atoms with Gasteiger partial charge in [-0.15, -0.1) is 0 Å². The molecule has 164 valence electrons. The van der Waals surface area contributed by atoms with Gasteiger partial charge in [-0.1, -0.05) is 44.0 Å². The molecule has 2 aromatic carbocycles. The zero-order valence-corrected chi connectivity index (χ0v) is 18.1. The third kappa shape index (κ3) is 5.02. The summed E-state index contributed by atoms with van der Waals surface area (Å²) in [5.74, 6) is -2.08. The molecule has 1 N–H and O–H groups in total. The van der Waals surface area contributed by atoms with Crippen molar-refractivity contribution in [1.82, 2.24) is 9.78 Å². The minimum Gasteiger partial charge on any atom is -0.306 e. The lowest BCUT2D eigenvalue weighted by atomic mass is 9.92. The molecule has 1 aromatic heterocycles. The van der Waals surface area contributed by atoms with Crippen LogP contribution in [0, 0.1) is 5.82 Å². The third-order valence-electron chi connectivity index (χ3n) is 4.40. The number of rotatable bonds is 3. The molecule has 1 amide bonds. The Morgan fingerprint density at radius 2 is 1.71 bits per heavy atom. The Bertz CT molecular complexity index is 1150. The summed E-state index contributed by atoms with van der Waals surface area (Å²) in [5.41, 5.74) is -1.18. The summed E-state index contributed by atoms with van der Waals surface area (Å²) in [4.78, 5) is 12.7. The normalized spacial score (nSPS) is 12.2. The fourth-order valence-corrected chi connectivity index (χ4v) is 3.09. The predicted molar refractivity (Wildman–Crippen MR) is 112 cm³/mol. The van der Waals surface area contributed by atoms with E-state index >= 15 is 0 Å². The van der Waals surface area contributed by atoms with Crippen LogP contribution in [0.1, 0.15) is 42.4 Å². The van der Waals surface area contributed by atoms with Crippen molar-refractivity contribution in [3.05, 3.63) is 75.1 Å². The highest BCUT2D eigenvalue weighted by atomic mass is 35.5. The molecule has 0 bridgehead atoms. The first-order chi connectivity index (χ1) is 14.3. The first kappa shape index (κ1) is 23.1. The van der Waals surface area contributed by atoms with Gasteiger partial charge in [-0.2, -0.15) is 18.3 Å². The first-order valence-corrected chi connectivity index (χ1v) is 9.77. The Morgan fingerprint density at radius 1 is 1.03 bits per heavy atom. The van der Waals surface area contributed by atoms with Crippen molar-refractivity contribution >= 4 is 34.9 Å². The van der Waals surface area contributed by atoms with E-state index in [-0.39, 0.29) is 11.9 Å². The van der Waals surface area contributed by atoms with Crippen LogP contribution >= 0.6 is 23.2 Å². The largest absolute Gasteiger partial charge is 0.416 e. The molecule has 4 nitrogen and oxygen atoms in total. The van der Waals surface area contributed by atoms with Crippen molar-refractivity contribution in [3.8, 4) is 5.69 Å². The fraction of sp³-hybridized carbons (Fsp3) is 0.238. The topological polar surface area (TPSA) is 46.9 Å². The summed E-state index contributed by atoms with van der Waals surface area (Å²) >= 11 is 12.3. The van der Waals surface area contributed by atoms with Crippen LogP contribution in [0.4, 0.5) is 23.4 Å². The zero-order chi connectivity index (χ0) is 23.1. The number of alkyl halides is 3. The van der Waals surface area contributed by atoms with Crippen LogP contribution in [0.3, 0.4) is 0 Å². The lowest BCUT2D eigenvalue weighted by Gasteiger charge is -2.14. The molecule has 10 heteroatoms. The van der Waals surface area contributed by atoms with Gasteiger partial charge in [0.2, 0.25) is 0 Å². The van der Waals surface area contributed by atoms with Gasteiger partial charge >= 0.3 is 6.18 Å². The Hall–Kier alpha value is -2.58. The molecule has 0 aliphatic heterocycles. The van der Waals surface area contributed by atoms with Gasteiger partial charge in [-0.25, -0.2) is 9.07 Å². The van der Waals surface area contributed by atoms with E-state index in [1.54, 1.807) is 18.2 Å². The maximum Gasteiger partial charge on any atom is 0.416 e. The molecular formula is C21H17Cl2F4N3O. The van der Waals surface area contributed by atoms with E-state index in [1.165, 1.54) is 10.7 Å². The number of halogens is 6. The molecule has 0 fully saturated rings. The van der Waals surface area contributed by atoms with E-state index in [4.69, 9.17) is 23.2 Å². The van der Waals surface area contributed by atoms with Gasteiger partial charge in [0.05, 0.1) is 27.5 Å². The van der Waals surface area contributed by atoms with Gasteiger partial charge in [0, 0.05) is 16.5 Å². The van der Waals surface area contributed by atoms with Crippen molar-refractivity contribution in [2.75, 3.05) is 5.32 Å². The molecule has 3 rings (SSSR count). The van der Waals surface area contributed by atoms with Gasteiger partial charge < -0.3 is 5.32 Å². The second-order valence-corrected chi connectivity index (χ2v) is 8.66.